The average Bonchev–Trinajstić information content (AvgIpc) is 2.48. The summed E-state index contributed by atoms with van der Waals surface area (Å²) in [6.07, 6.45) is 13.3. The highest BCUT2D eigenvalue weighted by atomic mass is 15.1. The highest BCUT2D eigenvalue weighted by molar-refractivity contribution is 4.88. The van der Waals surface area contributed by atoms with Gasteiger partial charge in [0.15, 0.2) is 0 Å². The number of nitrogens with one attached hydrogen (secondary N) is 1. The van der Waals surface area contributed by atoms with E-state index in [1.807, 2.05) is 0 Å². The van der Waals surface area contributed by atoms with Crippen LogP contribution in [0.25, 0.3) is 0 Å². The van der Waals surface area contributed by atoms with Gasteiger partial charge in [0.25, 0.3) is 0 Å². The number of hydrogen-bond acceptors (Lipinski definition) is 2. The van der Waals surface area contributed by atoms with Crippen LogP contribution in [0.1, 0.15) is 64.7 Å². The van der Waals surface area contributed by atoms with E-state index in [2.05, 4.69) is 17.1 Å². The van der Waals surface area contributed by atoms with E-state index in [9.17, 15) is 0 Å². The molecule has 110 valence electrons. The van der Waals surface area contributed by atoms with Gasteiger partial charge in [-0.3, -0.25) is 0 Å². The van der Waals surface area contributed by atoms with E-state index in [1.54, 1.807) is 0 Å². The summed E-state index contributed by atoms with van der Waals surface area (Å²) in [6.45, 7) is 6.15. The Morgan fingerprint density at radius 1 is 0.842 bits per heavy atom. The number of nitrogens with zero attached hydrogens (tertiary/aromatic N) is 1. The van der Waals surface area contributed by atoms with Crippen LogP contribution in [0.15, 0.2) is 0 Å². The van der Waals surface area contributed by atoms with Crippen LogP contribution in [0.3, 0.4) is 0 Å². The minimum absolute atomic E-state index is 0.813. The number of rotatable bonds is 3. The lowest BCUT2D eigenvalue weighted by molar-refractivity contribution is 0.126. The molecule has 3 fully saturated rings. The minimum atomic E-state index is 0.813. The Balaban J connectivity index is 1.43. The summed E-state index contributed by atoms with van der Waals surface area (Å²) >= 11 is 0. The van der Waals surface area contributed by atoms with Gasteiger partial charge in [-0.1, -0.05) is 32.6 Å². The zero-order chi connectivity index (χ0) is 13.1. The molecule has 0 aromatic heterocycles. The number of hydrogen-bond donors (Lipinski definition) is 1. The third-order valence-electron chi connectivity index (χ3n) is 6.05. The van der Waals surface area contributed by atoms with Crippen LogP contribution < -0.4 is 5.32 Å². The van der Waals surface area contributed by atoms with Crippen LogP contribution in [-0.2, 0) is 0 Å². The van der Waals surface area contributed by atoms with E-state index in [0.717, 1.165) is 23.9 Å². The van der Waals surface area contributed by atoms with Crippen molar-refractivity contribution in [2.45, 2.75) is 76.8 Å². The number of piperidine rings is 1. The lowest BCUT2D eigenvalue weighted by Crippen LogP contribution is -2.48. The van der Waals surface area contributed by atoms with Gasteiger partial charge in [-0.05, 0) is 63.6 Å². The summed E-state index contributed by atoms with van der Waals surface area (Å²) in [4.78, 5) is 2.59. The van der Waals surface area contributed by atoms with Crippen LogP contribution in [-0.4, -0.2) is 36.6 Å². The van der Waals surface area contributed by atoms with Crippen LogP contribution >= 0.6 is 0 Å². The Bertz CT molecular complexity index is 270. The molecule has 3 atom stereocenters. The first-order valence-electron chi connectivity index (χ1n) is 8.83. The first-order valence-corrected chi connectivity index (χ1v) is 8.83. The molecule has 1 N–H and O–H groups in total. The summed E-state index contributed by atoms with van der Waals surface area (Å²) in [5, 5.41) is 4.01. The topological polar surface area (TPSA) is 15.3 Å². The molecular weight excluding hydrogens is 232 g/mol. The summed E-state index contributed by atoms with van der Waals surface area (Å²) in [5.74, 6) is 2.16. The molecule has 0 radical (unpaired) electrons. The maximum Gasteiger partial charge on any atom is 0.00940 e. The van der Waals surface area contributed by atoms with Crippen molar-refractivity contribution in [1.82, 2.24) is 10.2 Å². The summed E-state index contributed by atoms with van der Waals surface area (Å²) in [7, 11) is 0. The molecule has 3 rings (SSSR count). The second-order valence-corrected chi connectivity index (χ2v) is 7.19. The van der Waals surface area contributed by atoms with Crippen molar-refractivity contribution in [3.8, 4) is 0 Å². The zero-order valence-electron chi connectivity index (χ0n) is 12.7. The van der Waals surface area contributed by atoms with Gasteiger partial charge in [0.1, 0.15) is 0 Å². The maximum atomic E-state index is 4.01. The molecular formula is C17H32N2. The Morgan fingerprint density at radius 3 is 2.32 bits per heavy atom. The fourth-order valence-electron chi connectivity index (χ4n) is 4.77. The van der Waals surface area contributed by atoms with Crippen molar-refractivity contribution in [2.75, 3.05) is 19.6 Å². The maximum absolute atomic E-state index is 4.01. The molecule has 0 bridgehead atoms. The quantitative estimate of drug-likeness (QED) is 0.840. The summed E-state index contributed by atoms with van der Waals surface area (Å²) < 4.78 is 0. The first-order chi connectivity index (χ1) is 9.35. The standard InChI is InChI=1S/C17H32N2/c1-2-19-11-9-16(10-12-19)18-17-8-7-14-5-3-4-6-15(14)13-17/h14-18H,2-13H2,1H3. The Hall–Kier alpha value is -0.0800. The minimum Gasteiger partial charge on any atom is -0.311 e. The highest BCUT2D eigenvalue weighted by Gasteiger charge is 2.33. The number of likely N-dealkylation sites (tertiary alicyclic amines) is 1. The Kier molecular flexibility index (Phi) is 4.81. The normalized spacial score (nSPS) is 38.1. The van der Waals surface area contributed by atoms with E-state index in [-0.39, 0.29) is 0 Å². The Morgan fingerprint density at radius 2 is 1.58 bits per heavy atom. The molecule has 0 spiro atoms. The van der Waals surface area contributed by atoms with Gasteiger partial charge >= 0.3 is 0 Å². The van der Waals surface area contributed by atoms with Crippen LogP contribution in [0.4, 0.5) is 0 Å². The number of fused-ring (bicyclic) bond motifs is 1. The average molecular weight is 264 g/mol. The van der Waals surface area contributed by atoms with Crippen LogP contribution in [0, 0.1) is 11.8 Å². The van der Waals surface area contributed by atoms with Gasteiger partial charge < -0.3 is 10.2 Å². The highest BCUT2D eigenvalue weighted by Crippen LogP contribution is 2.40. The van der Waals surface area contributed by atoms with Gasteiger partial charge in [0, 0.05) is 12.1 Å². The van der Waals surface area contributed by atoms with Gasteiger partial charge in [-0.25, -0.2) is 0 Å². The second-order valence-electron chi connectivity index (χ2n) is 7.19. The first kappa shape index (κ1) is 13.9. The fraction of sp³-hybridized carbons (Fsp3) is 1.00. The van der Waals surface area contributed by atoms with Crippen molar-refractivity contribution in [1.29, 1.82) is 0 Å². The van der Waals surface area contributed by atoms with Gasteiger partial charge in [0.2, 0.25) is 0 Å². The smallest absolute Gasteiger partial charge is 0.00940 e. The Labute approximate surface area is 119 Å². The molecule has 2 saturated carbocycles. The van der Waals surface area contributed by atoms with Crippen molar-refractivity contribution >= 4 is 0 Å². The second kappa shape index (κ2) is 6.58. The van der Waals surface area contributed by atoms with Crippen LogP contribution in [0.5, 0.6) is 0 Å². The van der Waals surface area contributed by atoms with E-state index >= 15 is 0 Å². The molecule has 3 unspecified atom stereocenters. The molecule has 3 aliphatic rings. The summed E-state index contributed by atoms with van der Waals surface area (Å²) in [6, 6.07) is 1.66. The molecule has 0 aromatic rings. The van der Waals surface area contributed by atoms with E-state index in [4.69, 9.17) is 0 Å². The molecule has 19 heavy (non-hydrogen) atoms. The molecule has 1 saturated heterocycles. The predicted molar refractivity (Wildman–Crippen MR) is 81.4 cm³/mol. The molecule has 2 nitrogen and oxygen atoms in total. The van der Waals surface area contributed by atoms with Crippen molar-refractivity contribution < 1.29 is 0 Å². The molecule has 0 aromatic carbocycles. The van der Waals surface area contributed by atoms with E-state index < -0.39 is 0 Å². The lowest BCUT2D eigenvalue weighted by Gasteiger charge is -2.42. The van der Waals surface area contributed by atoms with E-state index in [0.29, 0.717) is 0 Å². The largest absolute Gasteiger partial charge is 0.311 e. The van der Waals surface area contributed by atoms with E-state index in [1.165, 1.54) is 77.4 Å². The summed E-state index contributed by atoms with van der Waals surface area (Å²) in [5.41, 5.74) is 0. The fourth-order valence-corrected chi connectivity index (χ4v) is 4.77. The zero-order valence-corrected chi connectivity index (χ0v) is 12.7. The van der Waals surface area contributed by atoms with Gasteiger partial charge in [0.05, 0.1) is 0 Å². The van der Waals surface area contributed by atoms with Crippen molar-refractivity contribution in [2.24, 2.45) is 11.8 Å². The monoisotopic (exact) mass is 264 g/mol. The van der Waals surface area contributed by atoms with Gasteiger partial charge in [-0.15, -0.1) is 0 Å². The molecule has 1 aliphatic heterocycles. The molecule has 2 heteroatoms. The van der Waals surface area contributed by atoms with Crippen LogP contribution in [0.2, 0.25) is 0 Å². The third-order valence-corrected chi connectivity index (χ3v) is 6.05. The molecule has 1 heterocycles. The molecule has 2 aliphatic carbocycles. The predicted octanol–water partition coefficient (Wildman–Crippen LogP) is 3.42. The van der Waals surface area contributed by atoms with Gasteiger partial charge in [-0.2, -0.15) is 0 Å². The SMILES string of the molecule is CCN1CCC(NC2CCC3CCCCC3C2)CC1. The van der Waals surface area contributed by atoms with Crippen molar-refractivity contribution in [3.05, 3.63) is 0 Å². The van der Waals surface area contributed by atoms with Crippen molar-refractivity contribution in [3.63, 3.8) is 0 Å². The third kappa shape index (κ3) is 3.52. The lowest BCUT2D eigenvalue weighted by atomic mass is 9.69. The molecule has 0 amide bonds.